The van der Waals surface area contributed by atoms with E-state index < -0.39 is 71.0 Å². The van der Waals surface area contributed by atoms with E-state index in [-0.39, 0.29) is 39.2 Å². The SMILES string of the molecule is CCC1(CCC(=O)C(CC(NC(=O)OCc2ccccc2)C(=O)OC(C)(C)C)C(=O)OCc2ccccc2)C(=O)OCN1C(=O)OC(C)(C)C. The highest BCUT2D eigenvalue weighted by molar-refractivity contribution is 6.00. The molecular weight excluding hydrogens is 648 g/mol. The summed E-state index contributed by atoms with van der Waals surface area (Å²) in [4.78, 5) is 81.2. The first-order valence-electron chi connectivity index (χ1n) is 16.6. The third-order valence-electron chi connectivity index (χ3n) is 7.77. The first kappa shape index (κ1) is 39.5. The Hall–Kier alpha value is -4.94. The van der Waals surface area contributed by atoms with E-state index >= 15 is 0 Å². The zero-order chi connectivity index (χ0) is 37.1. The normalized spacial score (nSPS) is 17.2. The number of nitrogens with zero attached hydrogens (tertiary/aromatic N) is 1. The van der Waals surface area contributed by atoms with Crippen LogP contribution in [-0.4, -0.2) is 70.3 Å². The third kappa shape index (κ3) is 11.6. The molecule has 0 aromatic heterocycles. The molecule has 0 bridgehead atoms. The molecule has 1 heterocycles. The molecule has 2 amide bonds. The highest BCUT2D eigenvalue weighted by atomic mass is 16.6. The lowest BCUT2D eigenvalue weighted by Gasteiger charge is -2.34. The van der Waals surface area contributed by atoms with Gasteiger partial charge in [-0.05, 0) is 71.9 Å². The standard InChI is InChI=1S/C37H48N2O11/c1-8-37(32(43)48-24-39(37)34(45)50-36(5,6)7)20-19-29(40)27(30(41)46-22-25-15-11-9-12-16-25)21-28(31(42)49-35(2,3)4)38-33(44)47-23-26-17-13-10-14-18-26/h9-18,27-28H,8,19-24H2,1-7H3,(H,38,44). The molecule has 3 rings (SSSR count). The van der Waals surface area contributed by atoms with Crippen LogP contribution in [-0.2, 0) is 56.1 Å². The van der Waals surface area contributed by atoms with Crippen LogP contribution in [0.25, 0.3) is 0 Å². The summed E-state index contributed by atoms with van der Waals surface area (Å²) in [5, 5.41) is 2.45. The number of ketones is 1. The largest absolute Gasteiger partial charge is 0.460 e. The van der Waals surface area contributed by atoms with Crippen molar-refractivity contribution in [2.24, 2.45) is 5.92 Å². The van der Waals surface area contributed by atoms with Gasteiger partial charge in [-0.1, -0.05) is 67.6 Å². The number of cyclic esters (lactones) is 1. The minimum atomic E-state index is -1.58. The zero-order valence-electron chi connectivity index (χ0n) is 29.8. The summed E-state index contributed by atoms with van der Waals surface area (Å²) in [6.45, 7) is 11.0. The molecule has 0 saturated carbocycles. The number of carbonyl (C=O) groups is 6. The lowest BCUT2D eigenvalue weighted by Crippen LogP contribution is -2.52. The molecule has 1 saturated heterocycles. The van der Waals surface area contributed by atoms with Gasteiger partial charge in [-0.15, -0.1) is 0 Å². The van der Waals surface area contributed by atoms with Crippen molar-refractivity contribution >= 4 is 35.9 Å². The van der Waals surface area contributed by atoms with Gasteiger partial charge in [0.25, 0.3) is 0 Å². The molecule has 0 radical (unpaired) electrons. The van der Waals surface area contributed by atoms with Crippen LogP contribution in [0.3, 0.4) is 0 Å². The molecule has 0 aliphatic carbocycles. The molecule has 272 valence electrons. The average molecular weight is 697 g/mol. The molecule has 50 heavy (non-hydrogen) atoms. The number of Topliss-reactive ketones (excluding diaryl/α,β-unsaturated/α-hetero) is 1. The van der Waals surface area contributed by atoms with Crippen molar-refractivity contribution in [3.63, 3.8) is 0 Å². The molecule has 1 aliphatic rings. The lowest BCUT2D eigenvalue weighted by atomic mass is 9.85. The van der Waals surface area contributed by atoms with E-state index in [2.05, 4.69) is 5.32 Å². The Labute approximate surface area is 292 Å². The second-order valence-electron chi connectivity index (χ2n) is 14.0. The molecule has 2 aromatic rings. The number of ether oxygens (including phenoxy) is 5. The van der Waals surface area contributed by atoms with Gasteiger partial charge < -0.3 is 29.0 Å². The Morgan fingerprint density at radius 1 is 0.820 bits per heavy atom. The van der Waals surface area contributed by atoms with Crippen LogP contribution in [0, 0.1) is 5.92 Å². The van der Waals surface area contributed by atoms with Crippen molar-refractivity contribution in [1.82, 2.24) is 10.2 Å². The predicted molar refractivity (Wildman–Crippen MR) is 180 cm³/mol. The number of rotatable bonds is 14. The number of nitrogens with one attached hydrogen (secondary N) is 1. The molecule has 1 N–H and O–H groups in total. The Bertz CT molecular complexity index is 1500. The van der Waals surface area contributed by atoms with E-state index in [1.165, 1.54) is 0 Å². The first-order valence-corrected chi connectivity index (χ1v) is 16.6. The van der Waals surface area contributed by atoms with Gasteiger partial charge in [0.05, 0.1) is 0 Å². The summed E-state index contributed by atoms with van der Waals surface area (Å²) in [6, 6.07) is 16.2. The van der Waals surface area contributed by atoms with Gasteiger partial charge in [0, 0.05) is 6.42 Å². The quantitative estimate of drug-likeness (QED) is 0.148. The summed E-state index contributed by atoms with van der Waals surface area (Å²) in [5.74, 6) is -4.82. The zero-order valence-corrected chi connectivity index (χ0v) is 29.8. The fraction of sp³-hybridized carbons (Fsp3) is 0.514. The van der Waals surface area contributed by atoms with Crippen molar-refractivity contribution in [2.45, 2.75) is 110 Å². The minimum Gasteiger partial charge on any atom is -0.460 e. The van der Waals surface area contributed by atoms with Crippen molar-refractivity contribution in [3.8, 4) is 0 Å². The van der Waals surface area contributed by atoms with E-state index in [9.17, 15) is 28.8 Å². The summed E-state index contributed by atoms with van der Waals surface area (Å²) in [7, 11) is 0. The number of benzene rings is 2. The molecule has 2 aromatic carbocycles. The van der Waals surface area contributed by atoms with Crippen molar-refractivity contribution in [3.05, 3.63) is 71.8 Å². The van der Waals surface area contributed by atoms with Crippen LogP contribution in [0.1, 0.15) is 85.3 Å². The summed E-state index contributed by atoms with van der Waals surface area (Å²) < 4.78 is 27.1. The molecule has 1 aliphatic heterocycles. The lowest BCUT2D eigenvalue weighted by molar-refractivity contribution is -0.159. The smallest absolute Gasteiger partial charge is 0.413 e. The highest BCUT2D eigenvalue weighted by Crippen LogP contribution is 2.35. The van der Waals surface area contributed by atoms with Crippen LogP contribution < -0.4 is 5.32 Å². The Balaban J connectivity index is 1.88. The Kier molecular flexibility index (Phi) is 13.5. The molecule has 13 heteroatoms. The maximum atomic E-state index is 14.0. The van der Waals surface area contributed by atoms with Gasteiger partial charge in [0.15, 0.2) is 6.73 Å². The Morgan fingerprint density at radius 2 is 1.36 bits per heavy atom. The fourth-order valence-electron chi connectivity index (χ4n) is 5.21. The van der Waals surface area contributed by atoms with Crippen molar-refractivity contribution in [2.75, 3.05) is 6.73 Å². The number of esters is 3. The predicted octanol–water partition coefficient (Wildman–Crippen LogP) is 5.62. The van der Waals surface area contributed by atoms with E-state index in [1.807, 2.05) is 6.07 Å². The van der Waals surface area contributed by atoms with E-state index in [4.69, 9.17) is 23.7 Å². The molecule has 1 fully saturated rings. The summed E-state index contributed by atoms with van der Waals surface area (Å²) in [6.07, 6.45) is -2.78. The van der Waals surface area contributed by atoms with Crippen molar-refractivity contribution in [1.29, 1.82) is 0 Å². The summed E-state index contributed by atoms with van der Waals surface area (Å²) in [5.41, 5.74) is -2.02. The monoisotopic (exact) mass is 696 g/mol. The third-order valence-corrected chi connectivity index (χ3v) is 7.77. The second-order valence-corrected chi connectivity index (χ2v) is 14.0. The maximum absolute atomic E-state index is 14.0. The average Bonchev–Trinajstić information content (AvgIpc) is 3.38. The van der Waals surface area contributed by atoms with Crippen LogP contribution >= 0.6 is 0 Å². The van der Waals surface area contributed by atoms with E-state index in [0.717, 1.165) is 4.90 Å². The topological polar surface area (TPSA) is 164 Å². The van der Waals surface area contributed by atoms with Crippen LogP contribution in [0.4, 0.5) is 9.59 Å². The first-order chi connectivity index (χ1) is 23.4. The molecule has 3 atom stereocenters. The number of hydrogen-bond acceptors (Lipinski definition) is 11. The van der Waals surface area contributed by atoms with Crippen LogP contribution in [0.2, 0.25) is 0 Å². The second kappa shape index (κ2) is 17.1. The number of carbonyl (C=O) groups excluding carboxylic acids is 6. The fourth-order valence-corrected chi connectivity index (χ4v) is 5.21. The van der Waals surface area contributed by atoms with E-state index in [1.54, 1.807) is 103 Å². The van der Waals surface area contributed by atoms with Gasteiger partial charge in [0.2, 0.25) is 0 Å². The van der Waals surface area contributed by atoms with Crippen LogP contribution in [0.15, 0.2) is 60.7 Å². The summed E-state index contributed by atoms with van der Waals surface area (Å²) >= 11 is 0. The van der Waals surface area contributed by atoms with Gasteiger partial charge >= 0.3 is 30.1 Å². The van der Waals surface area contributed by atoms with Gasteiger partial charge in [0.1, 0.15) is 47.7 Å². The van der Waals surface area contributed by atoms with Gasteiger partial charge in [-0.3, -0.25) is 14.5 Å². The number of alkyl carbamates (subject to hydrolysis) is 1. The van der Waals surface area contributed by atoms with Gasteiger partial charge in [-0.25, -0.2) is 19.2 Å². The maximum Gasteiger partial charge on any atom is 0.413 e. The minimum absolute atomic E-state index is 0.0941. The Morgan fingerprint density at radius 3 is 1.88 bits per heavy atom. The van der Waals surface area contributed by atoms with Gasteiger partial charge in [-0.2, -0.15) is 0 Å². The van der Waals surface area contributed by atoms with Crippen LogP contribution in [0.5, 0.6) is 0 Å². The highest BCUT2D eigenvalue weighted by Gasteiger charge is 2.53. The van der Waals surface area contributed by atoms with Crippen molar-refractivity contribution < 1.29 is 52.5 Å². The molecule has 3 unspecified atom stereocenters. The van der Waals surface area contributed by atoms with E-state index in [0.29, 0.717) is 11.1 Å². The molecule has 0 spiro atoms. The number of hydrogen-bond donors (Lipinski definition) is 1. The molecule has 13 nitrogen and oxygen atoms in total. The molecular formula is C37H48N2O11. The number of amides is 2.